The molecule has 0 aromatic heterocycles. The third kappa shape index (κ3) is 6.61. The molecule has 0 aromatic carbocycles. The van der Waals surface area contributed by atoms with E-state index in [1.165, 1.54) is 24.6 Å². The van der Waals surface area contributed by atoms with Gasteiger partial charge in [-0.1, -0.05) is 6.92 Å². The third-order valence-corrected chi connectivity index (χ3v) is 4.56. The summed E-state index contributed by atoms with van der Waals surface area (Å²) in [6.45, 7) is 4.33. The zero-order chi connectivity index (χ0) is 15.0. The molecule has 5 nitrogen and oxygen atoms in total. The number of nitrogens with two attached hydrogens (primary N) is 1. The third-order valence-electron chi connectivity index (χ3n) is 3.50. The van der Waals surface area contributed by atoms with E-state index in [4.69, 9.17) is 10.5 Å². The van der Waals surface area contributed by atoms with Crippen molar-refractivity contribution in [2.45, 2.75) is 51.6 Å². The van der Waals surface area contributed by atoms with E-state index < -0.39 is 12.0 Å². The van der Waals surface area contributed by atoms with Gasteiger partial charge in [0.1, 0.15) is 6.04 Å². The van der Waals surface area contributed by atoms with Crippen LogP contribution >= 0.6 is 11.8 Å². The highest BCUT2D eigenvalue weighted by Crippen LogP contribution is 2.23. The van der Waals surface area contributed by atoms with Crippen LogP contribution in [0.1, 0.15) is 39.5 Å². The van der Waals surface area contributed by atoms with E-state index >= 15 is 0 Å². The van der Waals surface area contributed by atoms with E-state index in [0.717, 1.165) is 18.8 Å². The van der Waals surface area contributed by atoms with Crippen LogP contribution in [0.4, 0.5) is 0 Å². The van der Waals surface area contributed by atoms with E-state index in [0.29, 0.717) is 24.2 Å². The summed E-state index contributed by atoms with van der Waals surface area (Å²) < 4.78 is 4.81. The lowest BCUT2D eigenvalue weighted by molar-refractivity contribution is -0.144. The maximum Gasteiger partial charge on any atom is 0.323 e. The van der Waals surface area contributed by atoms with Crippen LogP contribution in [0, 0.1) is 5.92 Å². The number of hydrogen-bond donors (Lipinski definition) is 2. The summed E-state index contributed by atoms with van der Waals surface area (Å²) in [5.74, 6) is 1.17. The number of hydrogen-bond acceptors (Lipinski definition) is 5. The normalized spacial score (nSPS) is 23.9. The SMILES string of the molecule is CCOC(=O)C(N)CSCC(=O)NC1CCC(C)CC1. The van der Waals surface area contributed by atoms with Gasteiger partial charge < -0.3 is 15.8 Å². The Morgan fingerprint density at radius 2 is 2.00 bits per heavy atom. The van der Waals surface area contributed by atoms with E-state index in [-0.39, 0.29) is 5.91 Å². The van der Waals surface area contributed by atoms with Gasteiger partial charge in [-0.15, -0.1) is 11.8 Å². The van der Waals surface area contributed by atoms with Crippen LogP contribution in [-0.4, -0.2) is 42.1 Å². The molecule has 3 N–H and O–H groups in total. The molecular formula is C14H26N2O3S. The highest BCUT2D eigenvalue weighted by molar-refractivity contribution is 8.00. The number of thioether (sulfide) groups is 1. The number of esters is 1. The molecule has 0 spiro atoms. The molecule has 116 valence electrons. The molecule has 0 saturated heterocycles. The molecule has 1 rings (SSSR count). The smallest absolute Gasteiger partial charge is 0.323 e. The van der Waals surface area contributed by atoms with Gasteiger partial charge >= 0.3 is 5.97 Å². The number of ether oxygens (including phenoxy) is 1. The molecule has 1 aliphatic rings. The summed E-state index contributed by atoms with van der Waals surface area (Å²) in [6, 6.07) is -0.332. The van der Waals surface area contributed by atoms with Crippen molar-refractivity contribution in [1.82, 2.24) is 5.32 Å². The summed E-state index contributed by atoms with van der Waals surface area (Å²) in [5.41, 5.74) is 5.66. The predicted octanol–water partition coefficient (Wildman–Crippen LogP) is 1.30. The second kappa shape index (κ2) is 9.23. The van der Waals surface area contributed by atoms with Crippen molar-refractivity contribution in [2.24, 2.45) is 11.7 Å². The minimum absolute atomic E-state index is 0.0330. The molecule has 1 aliphatic carbocycles. The Morgan fingerprint density at radius 3 is 2.60 bits per heavy atom. The molecule has 1 fully saturated rings. The predicted molar refractivity (Wildman–Crippen MR) is 81.5 cm³/mol. The number of rotatable bonds is 7. The van der Waals surface area contributed by atoms with Gasteiger partial charge in [0.2, 0.25) is 5.91 Å². The Labute approximate surface area is 125 Å². The largest absolute Gasteiger partial charge is 0.465 e. The molecule has 1 atom stereocenters. The standard InChI is InChI=1S/C14H26N2O3S/c1-3-19-14(18)12(15)8-20-9-13(17)16-11-6-4-10(2)5-7-11/h10-12H,3-9,15H2,1-2H3,(H,16,17). The summed E-state index contributed by atoms with van der Waals surface area (Å²) in [6.07, 6.45) is 4.51. The molecule has 20 heavy (non-hydrogen) atoms. The van der Waals surface area contributed by atoms with Crippen LogP contribution < -0.4 is 11.1 Å². The molecule has 0 aromatic rings. The van der Waals surface area contributed by atoms with Gasteiger partial charge in [-0.3, -0.25) is 9.59 Å². The zero-order valence-corrected chi connectivity index (χ0v) is 13.2. The van der Waals surface area contributed by atoms with Gasteiger partial charge in [-0.25, -0.2) is 0 Å². The van der Waals surface area contributed by atoms with Gasteiger partial charge in [0.05, 0.1) is 12.4 Å². The van der Waals surface area contributed by atoms with Gasteiger partial charge in [-0.2, -0.15) is 0 Å². The van der Waals surface area contributed by atoms with E-state index in [1.54, 1.807) is 6.92 Å². The van der Waals surface area contributed by atoms with Gasteiger partial charge in [0.15, 0.2) is 0 Å². The Kier molecular flexibility index (Phi) is 7.99. The van der Waals surface area contributed by atoms with Crippen LogP contribution in [0.3, 0.4) is 0 Å². The Morgan fingerprint density at radius 1 is 1.35 bits per heavy atom. The first-order valence-electron chi connectivity index (χ1n) is 7.32. The Balaban J connectivity index is 2.12. The molecular weight excluding hydrogens is 276 g/mol. The monoisotopic (exact) mass is 302 g/mol. The second-order valence-corrected chi connectivity index (χ2v) is 6.43. The van der Waals surface area contributed by atoms with E-state index in [1.807, 2.05) is 0 Å². The Hall–Kier alpha value is -0.750. The van der Waals surface area contributed by atoms with E-state index in [2.05, 4.69) is 12.2 Å². The van der Waals surface area contributed by atoms with Crippen molar-refractivity contribution in [3.63, 3.8) is 0 Å². The first-order chi connectivity index (χ1) is 9.52. The first-order valence-corrected chi connectivity index (χ1v) is 8.47. The number of carbonyl (C=O) groups is 2. The zero-order valence-electron chi connectivity index (χ0n) is 12.4. The average molecular weight is 302 g/mol. The lowest BCUT2D eigenvalue weighted by atomic mass is 9.87. The number of nitrogens with one attached hydrogen (secondary N) is 1. The molecule has 6 heteroatoms. The van der Waals surface area contributed by atoms with Gasteiger partial charge in [-0.05, 0) is 38.5 Å². The van der Waals surface area contributed by atoms with Crippen molar-refractivity contribution < 1.29 is 14.3 Å². The van der Waals surface area contributed by atoms with Crippen LogP contribution in [0.15, 0.2) is 0 Å². The molecule has 0 heterocycles. The summed E-state index contributed by atoms with van der Waals surface area (Å²) in [5, 5.41) is 3.05. The van der Waals surface area contributed by atoms with Crippen LogP contribution in [0.5, 0.6) is 0 Å². The van der Waals surface area contributed by atoms with Crippen LogP contribution in [0.2, 0.25) is 0 Å². The van der Waals surface area contributed by atoms with Crippen molar-refractivity contribution >= 4 is 23.6 Å². The lowest BCUT2D eigenvalue weighted by Crippen LogP contribution is -2.39. The molecule has 0 radical (unpaired) electrons. The first kappa shape index (κ1) is 17.3. The molecule has 0 bridgehead atoms. The fourth-order valence-electron chi connectivity index (χ4n) is 2.27. The highest BCUT2D eigenvalue weighted by atomic mass is 32.2. The molecule has 1 unspecified atom stereocenters. The fraction of sp³-hybridized carbons (Fsp3) is 0.857. The van der Waals surface area contributed by atoms with Crippen molar-refractivity contribution in [1.29, 1.82) is 0 Å². The van der Waals surface area contributed by atoms with Crippen LogP contribution in [0.25, 0.3) is 0 Å². The minimum Gasteiger partial charge on any atom is -0.465 e. The second-order valence-electron chi connectivity index (χ2n) is 5.40. The van der Waals surface area contributed by atoms with Crippen molar-refractivity contribution in [3.8, 4) is 0 Å². The molecule has 1 saturated carbocycles. The summed E-state index contributed by atoms with van der Waals surface area (Å²) >= 11 is 1.37. The summed E-state index contributed by atoms with van der Waals surface area (Å²) in [4.78, 5) is 23.1. The molecule has 0 aliphatic heterocycles. The lowest BCUT2D eigenvalue weighted by Gasteiger charge is -2.26. The average Bonchev–Trinajstić information content (AvgIpc) is 2.41. The Bertz CT molecular complexity index is 318. The molecule has 1 amide bonds. The van der Waals surface area contributed by atoms with Gasteiger partial charge in [0, 0.05) is 11.8 Å². The van der Waals surface area contributed by atoms with Crippen LogP contribution in [-0.2, 0) is 14.3 Å². The highest BCUT2D eigenvalue weighted by Gasteiger charge is 2.20. The summed E-state index contributed by atoms with van der Waals surface area (Å²) in [7, 11) is 0. The number of carbonyl (C=O) groups excluding carboxylic acids is 2. The topological polar surface area (TPSA) is 81.4 Å². The number of amides is 1. The van der Waals surface area contributed by atoms with Gasteiger partial charge in [0.25, 0.3) is 0 Å². The van der Waals surface area contributed by atoms with Crippen molar-refractivity contribution in [3.05, 3.63) is 0 Å². The van der Waals surface area contributed by atoms with Crippen molar-refractivity contribution in [2.75, 3.05) is 18.1 Å². The van der Waals surface area contributed by atoms with E-state index in [9.17, 15) is 9.59 Å². The quantitative estimate of drug-likeness (QED) is 0.693. The maximum absolute atomic E-state index is 11.8. The fourth-order valence-corrected chi connectivity index (χ4v) is 3.05. The minimum atomic E-state index is -0.650. The maximum atomic E-state index is 11.8.